The number of hydrogen-bond donors (Lipinski definition) is 1. The first-order chi connectivity index (χ1) is 13.0. The summed E-state index contributed by atoms with van der Waals surface area (Å²) in [6.45, 7) is 3.73. The third-order valence-corrected chi connectivity index (χ3v) is 6.14. The Kier molecular flexibility index (Phi) is 5.92. The summed E-state index contributed by atoms with van der Waals surface area (Å²) in [5.41, 5.74) is 2.01. The van der Waals surface area contributed by atoms with E-state index in [1.165, 1.54) is 28.7 Å². The lowest BCUT2D eigenvalue weighted by atomic mass is 9.87. The van der Waals surface area contributed by atoms with Crippen LogP contribution >= 0.6 is 11.3 Å². The van der Waals surface area contributed by atoms with Crippen molar-refractivity contribution in [2.24, 2.45) is 5.92 Å². The lowest BCUT2D eigenvalue weighted by molar-refractivity contribution is -0.123. The Morgan fingerprint density at radius 1 is 1.41 bits per heavy atom. The van der Waals surface area contributed by atoms with Gasteiger partial charge < -0.3 is 10.1 Å². The molecule has 2 atom stereocenters. The number of nitrogens with zero attached hydrogens (tertiary/aromatic N) is 1. The highest BCUT2D eigenvalue weighted by atomic mass is 32.1. The highest BCUT2D eigenvalue weighted by Gasteiger charge is 2.25. The van der Waals surface area contributed by atoms with E-state index >= 15 is 0 Å². The number of esters is 1. The van der Waals surface area contributed by atoms with Gasteiger partial charge in [0.25, 0.3) is 5.91 Å². The lowest BCUT2D eigenvalue weighted by Gasteiger charge is -2.19. The Hall–Kier alpha value is -2.65. The first-order valence-electron chi connectivity index (χ1n) is 9.14. The molecule has 0 radical (unpaired) electrons. The Morgan fingerprint density at radius 2 is 2.19 bits per heavy atom. The fourth-order valence-corrected chi connectivity index (χ4v) is 4.34. The van der Waals surface area contributed by atoms with E-state index in [2.05, 4.69) is 12.2 Å². The van der Waals surface area contributed by atoms with Gasteiger partial charge in [0.15, 0.2) is 6.10 Å². The number of amides is 1. The number of nitrogens with one attached hydrogen (secondary N) is 1. The molecule has 140 valence electrons. The quantitative estimate of drug-likeness (QED) is 0.781. The van der Waals surface area contributed by atoms with E-state index in [1.807, 2.05) is 12.1 Å². The molecular formula is C21H22N2O3S. The second kappa shape index (κ2) is 8.36. The number of hydrogen-bond acceptors (Lipinski definition) is 5. The van der Waals surface area contributed by atoms with Gasteiger partial charge in [-0.2, -0.15) is 5.26 Å². The lowest BCUT2D eigenvalue weighted by Crippen LogP contribution is -2.30. The van der Waals surface area contributed by atoms with Crippen molar-refractivity contribution in [3.63, 3.8) is 0 Å². The molecule has 3 rings (SSSR count). The number of fused-ring (bicyclic) bond motifs is 1. The fraction of sp³-hybridized carbons (Fsp3) is 0.381. The number of para-hydroxylation sites is 1. The first kappa shape index (κ1) is 19.1. The van der Waals surface area contributed by atoms with E-state index in [4.69, 9.17) is 10.00 Å². The van der Waals surface area contributed by atoms with Gasteiger partial charge in [0.05, 0.1) is 11.3 Å². The van der Waals surface area contributed by atoms with Crippen LogP contribution in [-0.4, -0.2) is 18.0 Å². The predicted octanol–water partition coefficient (Wildman–Crippen LogP) is 4.32. The van der Waals surface area contributed by atoms with Gasteiger partial charge in [-0.3, -0.25) is 4.79 Å². The maximum Gasteiger partial charge on any atom is 0.349 e. The maximum atomic E-state index is 12.5. The Bertz CT molecular complexity index is 897. The fourth-order valence-electron chi connectivity index (χ4n) is 3.24. The minimum atomic E-state index is -0.952. The molecule has 0 saturated heterocycles. The Morgan fingerprint density at radius 3 is 2.93 bits per heavy atom. The molecule has 1 aliphatic rings. The van der Waals surface area contributed by atoms with Crippen LogP contribution in [0.3, 0.4) is 0 Å². The molecule has 0 fully saturated rings. The summed E-state index contributed by atoms with van der Waals surface area (Å²) in [7, 11) is 0. The van der Waals surface area contributed by atoms with Crippen molar-refractivity contribution in [1.29, 1.82) is 5.26 Å². The third-order valence-electron chi connectivity index (χ3n) is 4.92. The summed E-state index contributed by atoms with van der Waals surface area (Å²) >= 11 is 1.47. The normalized spacial score (nSPS) is 16.7. The summed E-state index contributed by atoms with van der Waals surface area (Å²) in [6, 6.07) is 10.6. The SMILES string of the molecule is CC[C@@H]1CCc2sc(C(=O)O[C@@H](C)C(=O)Nc3ccccc3C#N)cc2C1. The van der Waals surface area contributed by atoms with E-state index in [-0.39, 0.29) is 0 Å². The molecule has 2 aromatic rings. The molecule has 5 nitrogen and oxygen atoms in total. The number of aryl methyl sites for hydroxylation is 1. The molecule has 6 heteroatoms. The van der Waals surface area contributed by atoms with Crippen molar-refractivity contribution in [2.45, 2.75) is 45.6 Å². The van der Waals surface area contributed by atoms with Crippen LogP contribution in [0.5, 0.6) is 0 Å². The van der Waals surface area contributed by atoms with E-state index in [1.54, 1.807) is 24.3 Å². The van der Waals surface area contributed by atoms with Crippen molar-refractivity contribution in [2.75, 3.05) is 5.32 Å². The summed E-state index contributed by atoms with van der Waals surface area (Å²) in [5, 5.41) is 11.7. The van der Waals surface area contributed by atoms with Crippen LogP contribution in [0.1, 0.15) is 52.4 Å². The average Bonchev–Trinajstić information content (AvgIpc) is 3.11. The average molecular weight is 382 g/mol. The zero-order valence-corrected chi connectivity index (χ0v) is 16.3. The molecule has 27 heavy (non-hydrogen) atoms. The Balaban J connectivity index is 1.63. The molecule has 1 aromatic heterocycles. The van der Waals surface area contributed by atoms with Gasteiger partial charge in [0.2, 0.25) is 0 Å². The van der Waals surface area contributed by atoms with Crippen LogP contribution in [0.25, 0.3) is 0 Å². The van der Waals surface area contributed by atoms with Gasteiger partial charge in [-0.1, -0.05) is 25.5 Å². The number of carbonyl (C=O) groups is 2. The van der Waals surface area contributed by atoms with Crippen LogP contribution in [0.15, 0.2) is 30.3 Å². The van der Waals surface area contributed by atoms with Gasteiger partial charge >= 0.3 is 5.97 Å². The maximum absolute atomic E-state index is 12.5. The molecule has 0 spiro atoms. The van der Waals surface area contributed by atoms with E-state index < -0.39 is 18.0 Å². The number of benzene rings is 1. The molecule has 0 unspecified atom stereocenters. The van der Waals surface area contributed by atoms with E-state index in [0.717, 1.165) is 25.7 Å². The zero-order chi connectivity index (χ0) is 19.4. The topological polar surface area (TPSA) is 79.2 Å². The number of thiophene rings is 1. The molecule has 1 heterocycles. The molecule has 1 aromatic carbocycles. The first-order valence-corrected chi connectivity index (χ1v) is 9.96. The van der Waals surface area contributed by atoms with E-state index in [0.29, 0.717) is 22.0 Å². The number of anilines is 1. The summed E-state index contributed by atoms with van der Waals surface area (Å²) < 4.78 is 5.35. The van der Waals surface area contributed by atoms with Crippen LogP contribution in [-0.2, 0) is 22.4 Å². The van der Waals surface area contributed by atoms with Crippen molar-refractivity contribution in [3.8, 4) is 6.07 Å². The standard InChI is InChI=1S/C21H22N2O3S/c1-3-14-8-9-18-16(10-14)11-19(27-18)21(25)26-13(2)20(24)23-17-7-5-4-6-15(17)12-22/h4-7,11,13-14H,3,8-10H2,1-2H3,(H,23,24)/t13-,14+/m0/s1. The van der Waals surface area contributed by atoms with Gasteiger partial charge in [-0.15, -0.1) is 11.3 Å². The van der Waals surface area contributed by atoms with Gasteiger partial charge in [-0.25, -0.2) is 4.79 Å². The van der Waals surface area contributed by atoms with Crippen molar-refractivity contribution in [3.05, 3.63) is 51.2 Å². The number of rotatable bonds is 5. The Labute approximate surface area is 163 Å². The number of ether oxygens (including phenoxy) is 1. The summed E-state index contributed by atoms with van der Waals surface area (Å²) in [5.74, 6) is -0.252. The highest BCUT2D eigenvalue weighted by Crippen LogP contribution is 2.34. The monoisotopic (exact) mass is 382 g/mol. The third kappa shape index (κ3) is 4.37. The van der Waals surface area contributed by atoms with Crippen LogP contribution in [0, 0.1) is 17.2 Å². The van der Waals surface area contributed by atoms with Crippen molar-refractivity contribution >= 4 is 28.9 Å². The minimum absolute atomic E-state index is 0.362. The molecule has 1 amide bonds. The van der Waals surface area contributed by atoms with Gasteiger partial charge in [-0.05, 0) is 55.9 Å². The molecule has 0 aliphatic heterocycles. The largest absolute Gasteiger partial charge is 0.448 e. The number of carbonyl (C=O) groups excluding carboxylic acids is 2. The van der Waals surface area contributed by atoms with Crippen LogP contribution in [0.4, 0.5) is 5.69 Å². The molecule has 1 N–H and O–H groups in total. The second-order valence-electron chi connectivity index (χ2n) is 6.77. The van der Waals surface area contributed by atoms with E-state index in [9.17, 15) is 9.59 Å². The second-order valence-corrected chi connectivity index (χ2v) is 7.91. The van der Waals surface area contributed by atoms with Crippen LogP contribution in [0.2, 0.25) is 0 Å². The summed E-state index contributed by atoms with van der Waals surface area (Å²) in [4.78, 5) is 26.6. The smallest absolute Gasteiger partial charge is 0.349 e. The predicted molar refractivity (Wildman–Crippen MR) is 105 cm³/mol. The van der Waals surface area contributed by atoms with Crippen molar-refractivity contribution in [1.82, 2.24) is 0 Å². The molecule has 1 aliphatic carbocycles. The highest BCUT2D eigenvalue weighted by molar-refractivity contribution is 7.14. The van der Waals surface area contributed by atoms with Crippen molar-refractivity contribution < 1.29 is 14.3 Å². The van der Waals surface area contributed by atoms with Crippen LogP contribution < -0.4 is 5.32 Å². The zero-order valence-electron chi connectivity index (χ0n) is 15.5. The summed E-state index contributed by atoms with van der Waals surface area (Å²) in [6.07, 6.45) is 3.38. The molecule has 0 saturated carbocycles. The molecule has 0 bridgehead atoms. The van der Waals surface area contributed by atoms with Gasteiger partial charge in [0.1, 0.15) is 10.9 Å². The van der Waals surface area contributed by atoms with Gasteiger partial charge in [0, 0.05) is 4.88 Å². The minimum Gasteiger partial charge on any atom is -0.448 e. The number of nitriles is 1. The molecular weight excluding hydrogens is 360 g/mol.